The Kier molecular flexibility index (Phi) is 5.92. The Balaban J connectivity index is 4.00. The summed E-state index contributed by atoms with van der Waals surface area (Å²) in [5, 5.41) is 17.5. The van der Waals surface area contributed by atoms with Gasteiger partial charge in [-0.2, -0.15) is 0 Å². The van der Waals surface area contributed by atoms with Crippen molar-refractivity contribution in [3.05, 3.63) is 0 Å². The van der Waals surface area contributed by atoms with Crippen molar-refractivity contribution >= 4 is 11.9 Å². The second-order valence-electron chi connectivity index (χ2n) is 3.46. The summed E-state index contributed by atoms with van der Waals surface area (Å²) in [6.07, 6.45) is 2.03. The lowest BCUT2D eigenvalue weighted by molar-refractivity contribution is -0.145. The molecule has 2 unspecified atom stereocenters. The van der Waals surface area contributed by atoms with Crippen LogP contribution in [-0.4, -0.2) is 22.2 Å². The van der Waals surface area contributed by atoms with Crippen molar-refractivity contribution in [3.63, 3.8) is 0 Å². The third-order valence-corrected chi connectivity index (χ3v) is 2.55. The van der Waals surface area contributed by atoms with Crippen molar-refractivity contribution in [2.24, 2.45) is 11.8 Å². The molecule has 0 rings (SSSR count). The molecule has 0 fully saturated rings. The minimum atomic E-state index is -0.826. The van der Waals surface area contributed by atoms with Gasteiger partial charge in [-0.15, -0.1) is 0 Å². The van der Waals surface area contributed by atoms with Crippen LogP contribution in [0.1, 0.15) is 39.5 Å². The molecule has 0 bridgehead atoms. The van der Waals surface area contributed by atoms with Crippen LogP contribution in [0, 0.1) is 11.8 Å². The minimum absolute atomic E-state index is 0.400. The molecule has 0 radical (unpaired) electrons. The number of hydrogen-bond acceptors (Lipinski definition) is 2. The van der Waals surface area contributed by atoms with E-state index in [1.54, 1.807) is 13.8 Å². The quantitative estimate of drug-likeness (QED) is 0.662. The van der Waals surface area contributed by atoms with E-state index in [4.69, 9.17) is 10.2 Å². The second kappa shape index (κ2) is 6.40. The normalized spacial score (nSPS) is 14.7. The molecule has 0 spiro atoms. The fourth-order valence-corrected chi connectivity index (χ4v) is 1.41. The molecule has 14 heavy (non-hydrogen) atoms. The fourth-order valence-electron chi connectivity index (χ4n) is 1.41. The van der Waals surface area contributed by atoms with E-state index in [-0.39, 0.29) is 0 Å². The van der Waals surface area contributed by atoms with E-state index in [1.807, 2.05) is 0 Å². The molecule has 0 saturated carbocycles. The Morgan fingerprint density at radius 1 is 0.929 bits per heavy atom. The van der Waals surface area contributed by atoms with Gasteiger partial charge < -0.3 is 10.2 Å². The predicted octanol–water partition coefficient (Wildman–Crippen LogP) is 1.99. The molecule has 0 aromatic rings. The van der Waals surface area contributed by atoms with Gasteiger partial charge in [0.1, 0.15) is 0 Å². The van der Waals surface area contributed by atoms with Gasteiger partial charge in [-0.05, 0) is 25.7 Å². The van der Waals surface area contributed by atoms with Crippen LogP contribution in [-0.2, 0) is 9.59 Å². The van der Waals surface area contributed by atoms with Crippen LogP contribution in [0.15, 0.2) is 0 Å². The van der Waals surface area contributed by atoms with Gasteiger partial charge in [-0.1, -0.05) is 13.8 Å². The smallest absolute Gasteiger partial charge is 0.306 e. The highest BCUT2D eigenvalue weighted by atomic mass is 16.4. The molecule has 0 aliphatic rings. The largest absolute Gasteiger partial charge is 0.481 e. The molecular weight excluding hydrogens is 184 g/mol. The fraction of sp³-hybridized carbons (Fsp3) is 0.800. The molecule has 0 amide bonds. The molecule has 0 heterocycles. The van der Waals surface area contributed by atoms with Crippen LogP contribution >= 0.6 is 0 Å². The Labute approximate surface area is 83.9 Å². The maximum absolute atomic E-state index is 10.7. The number of hydrogen-bond donors (Lipinski definition) is 2. The topological polar surface area (TPSA) is 74.6 Å². The van der Waals surface area contributed by atoms with Gasteiger partial charge in [0.2, 0.25) is 0 Å². The first-order valence-corrected chi connectivity index (χ1v) is 4.98. The summed E-state index contributed by atoms with van der Waals surface area (Å²) in [7, 11) is 0. The van der Waals surface area contributed by atoms with Crippen LogP contribution in [0.3, 0.4) is 0 Å². The number of rotatable bonds is 7. The lowest BCUT2D eigenvalue weighted by Gasteiger charge is -2.13. The molecule has 0 aromatic carbocycles. The zero-order valence-corrected chi connectivity index (χ0v) is 8.69. The van der Waals surface area contributed by atoms with Crippen LogP contribution < -0.4 is 0 Å². The highest BCUT2D eigenvalue weighted by Crippen LogP contribution is 2.18. The van der Waals surface area contributed by atoms with Crippen molar-refractivity contribution < 1.29 is 19.8 Å². The molecule has 4 heteroatoms. The van der Waals surface area contributed by atoms with Crippen molar-refractivity contribution in [2.75, 3.05) is 0 Å². The maximum Gasteiger partial charge on any atom is 0.306 e. The first-order chi connectivity index (χ1) is 6.52. The lowest BCUT2D eigenvalue weighted by atomic mass is 9.93. The molecule has 0 aliphatic heterocycles. The highest BCUT2D eigenvalue weighted by Gasteiger charge is 2.20. The van der Waals surface area contributed by atoms with Crippen molar-refractivity contribution in [2.45, 2.75) is 39.5 Å². The standard InChI is InChI=1S/C10H18O4/c1-3-7(9(11)12)5-6-8(4-2)10(13)14/h7-8H,3-6H2,1-2H3,(H,11,12)(H,13,14). The molecular formula is C10H18O4. The average molecular weight is 202 g/mol. The van der Waals surface area contributed by atoms with Crippen LogP contribution in [0.4, 0.5) is 0 Å². The monoisotopic (exact) mass is 202 g/mol. The van der Waals surface area contributed by atoms with E-state index in [1.165, 1.54) is 0 Å². The predicted molar refractivity (Wildman–Crippen MR) is 52.1 cm³/mol. The summed E-state index contributed by atoms with van der Waals surface area (Å²) in [6.45, 7) is 3.61. The SMILES string of the molecule is CCC(CCC(CC)C(=O)O)C(=O)O. The van der Waals surface area contributed by atoms with E-state index in [0.717, 1.165) is 0 Å². The number of carboxylic acids is 2. The van der Waals surface area contributed by atoms with Gasteiger partial charge in [0.15, 0.2) is 0 Å². The third kappa shape index (κ3) is 4.25. The van der Waals surface area contributed by atoms with Gasteiger partial charge in [0.05, 0.1) is 11.8 Å². The molecule has 0 aliphatic carbocycles. The minimum Gasteiger partial charge on any atom is -0.481 e. The van der Waals surface area contributed by atoms with E-state index >= 15 is 0 Å². The van der Waals surface area contributed by atoms with Crippen molar-refractivity contribution in [1.29, 1.82) is 0 Å². The lowest BCUT2D eigenvalue weighted by Crippen LogP contribution is -2.18. The molecule has 4 nitrogen and oxygen atoms in total. The van der Waals surface area contributed by atoms with E-state index in [0.29, 0.717) is 25.7 Å². The summed E-state index contributed by atoms with van der Waals surface area (Å²) in [6, 6.07) is 0. The Hall–Kier alpha value is -1.06. The average Bonchev–Trinajstić information content (AvgIpc) is 2.11. The van der Waals surface area contributed by atoms with Gasteiger partial charge in [-0.3, -0.25) is 9.59 Å². The van der Waals surface area contributed by atoms with E-state index < -0.39 is 23.8 Å². The molecule has 82 valence electrons. The number of carbonyl (C=O) groups is 2. The van der Waals surface area contributed by atoms with Gasteiger partial charge >= 0.3 is 11.9 Å². The first-order valence-electron chi connectivity index (χ1n) is 4.98. The molecule has 2 atom stereocenters. The van der Waals surface area contributed by atoms with Gasteiger partial charge in [-0.25, -0.2) is 0 Å². The van der Waals surface area contributed by atoms with Crippen LogP contribution in [0.25, 0.3) is 0 Å². The number of aliphatic carboxylic acids is 2. The van der Waals surface area contributed by atoms with Crippen LogP contribution in [0.5, 0.6) is 0 Å². The highest BCUT2D eigenvalue weighted by molar-refractivity contribution is 5.71. The molecule has 0 saturated heterocycles. The second-order valence-corrected chi connectivity index (χ2v) is 3.46. The van der Waals surface area contributed by atoms with Gasteiger partial charge in [0, 0.05) is 0 Å². The van der Waals surface area contributed by atoms with Gasteiger partial charge in [0.25, 0.3) is 0 Å². The summed E-state index contributed by atoms with van der Waals surface area (Å²) in [5.41, 5.74) is 0. The van der Waals surface area contributed by atoms with Crippen molar-refractivity contribution in [1.82, 2.24) is 0 Å². The molecule has 2 N–H and O–H groups in total. The number of carboxylic acid groups (broad SMARTS) is 2. The third-order valence-electron chi connectivity index (χ3n) is 2.55. The Morgan fingerprint density at radius 3 is 1.36 bits per heavy atom. The maximum atomic E-state index is 10.7. The summed E-state index contributed by atoms with van der Waals surface area (Å²) >= 11 is 0. The Morgan fingerprint density at radius 2 is 1.21 bits per heavy atom. The summed E-state index contributed by atoms with van der Waals surface area (Å²) in [5.74, 6) is -2.45. The summed E-state index contributed by atoms with van der Waals surface area (Å²) in [4.78, 5) is 21.3. The zero-order valence-electron chi connectivity index (χ0n) is 8.69. The summed E-state index contributed by atoms with van der Waals surface area (Å²) < 4.78 is 0. The molecule has 0 aromatic heterocycles. The van der Waals surface area contributed by atoms with E-state index in [9.17, 15) is 9.59 Å². The van der Waals surface area contributed by atoms with Crippen LogP contribution in [0.2, 0.25) is 0 Å². The van der Waals surface area contributed by atoms with Crippen molar-refractivity contribution in [3.8, 4) is 0 Å². The van der Waals surface area contributed by atoms with E-state index in [2.05, 4.69) is 0 Å². The first kappa shape index (κ1) is 12.9. The Bertz CT molecular complexity index is 178. The zero-order chi connectivity index (χ0) is 11.1.